The Morgan fingerprint density at radius 1 is 1.25 bits per heavy atom. The molecule has 2 atom stereocenters. The zero-order valence-electron chi connectivity index (χ0n) is 10.6. The summed E-state index contributed by atoms with van der Waals surface area (Å²) >= 11 is 0. The van der Waals surface area contributed by atoms with Crippen molar-refractivity contribution in [3.8, 4) is 0 Å². The van der Waals surface area contributed by atoms with Gasteiger partial charge in [0, 0.05) is 0 Å². The topological polar surface area (TPSA) is 113 Å². The van der Waals surface area contributed by atoms with E-state index in [0.29, 0.717) is 0 Å². The SMILES string of the molecule is CCOC(=O)C(O)C(O)c1ccc2c(c1)C(=O)NC2=O. The molecule has 1 aromatic carbocycles. The summed E-state index contributed by atoms with van der Waals surface area (Å²) in [4.78, 5) is 34.2. The fourth-order valence-electron chi connectivity index (χ4n) is 1.91. The lowest BCUT2D eigenvalue weighted by Crippen LogP contribution is -2.30. The third-order valence-corrected chi connectivity index (χ3v) is 2.93. The van der Waals surface area contributed by atoms with Crippen LogP contribution in [0.3, 0.4) is 0 Å². The average Bonchev–Trinajstić information content (AvgIpc) is 2.72. The molecule has 0 radical (unpaired) electrons. The second-order valence-electron chi connectivity index (χ2n) is 4.23. The monoisotopic (exact) mass is 279 g/mol. The van der Waals surface area contributed by atoms with Gasteiger partial charge >= 0.3 is 5.97 Å². The lowest BCUT2D eigenvalue weighted by atomic mass is 9.99. The molecule has 1 aromatic rings. The van der Waals surface area contributed by atoms with Crippen LogP contribution in [0.15, 0.2) is 18.2 Å². The summed E-state index contributed by atoms with van der Waals surface area (Å²) in [5, 5.41) is 21.7. The fourth-order valence-corrected chi connectivity index (χ4v) is 1.91. The van der Waals surface area contributed by atoms with Gasteiger partial charge in [-0.3, -0.25) is 14.9 Å². The van der Waals surface area contributed by atoms with Crippen LogP contribution in [0.1, 0.15) is 39.3 Å². The molecule has 1 aliphatic heterocycles. The first kappa shape index (κ1) is 14.2. The number of amides is 2. The van der Waals surface area contributed by atoms with Gasteiger partial charge in [0.05, 0.1) is 17.7 Å². The third kappa shape index (κ3) is 2.40. The van der Waals surface area contributed by atoms with Crippen molar-refractivity contribution in [3.63, 3.8) is 0 Å². The number of imide groups is 1. The van der Waals surface area contributed by atoms with Crippen molar-refractivity contribution in [1.29, 1.82) is 0 Å². The first-order chi connectivity index (χ1) is 9.45. The van der Waals surface area contributed by atoms with Crippen molar-refractivity contribution in [1.82, 2.24) is 5.32 Å². The van der Waals surface area contributed by atoms with Crippen LogP contribution in [0.4, 0.5) is 0 Å². The van der Waals surface area contributed by atoms with Crippen LogP contribution < -0.4 is 5.32 Å². The quantitative estimate of drug-likeness (QED) is 0.507. The highest BCUT2D eigenvalue weighted by Crippen LogP contribution is 2.23. The van der Waals surface area contributed by atoms with Gasteiger partial charge in [0.25, 0.3) is 11.8 Å². The summed E-state index contributed by atoms with van der Waals surface area (Å²) in [6, 6.07) is 3.98. The van der Waals surface area contributed by atoms with Gasteiger partial charge in [-0.05, 0) is 24.6 Å². The van der Waals surface area contributed by atoms with Crippen LogP contribution >= 0.6 is 0 Å². The van der Waals surface area contributed by atoms with Gasteiger partial charge in [-0.2, -0.15) is 0 Å². The van der Waals surface area contributed by atoms with E-state index in [1.807, 2.05) is 0 Å². The Balaban J connectivity index is 2.26. The maximum Gasteiger partial charge on any atom is 0.338 e. The number of hydrogen-bond acceptors (Lipinski definition) is 6. The van der Waals surface area contributed by atoms with E-state index >= 15 is 0 Å². The van der Waals surface area contributed by atoms with Crippen LogP contribution in [0.25, 0.3) is 0 Å². The van der Waals surface area contributed by atoms with Crippen molar-refractivity contribution in [2.45, 2.75) is 19.1 Å². The number of carbonyl (C=O) groups excluding carboxylic acids is 3. The van der Waals surface area contributed by atoms with E-state index < -0.39 is 30.0 Å². The predicted molar refractivity (Wildman–Crippen MR) is 65.8 cm³/mol. The van der Waals surface area contributed by atoms with Crippen LogP contribution in [0.5, 0.6) is 0 Å². The average molecular weight is 279 g/mol. The molecule has 0 fully saturated rings. The summed E-state index contributed by atoms with van der Waals surface area (Å²) in [5.74, 6) is -2.05. The van der Waals surface area contributed by atoms with Gasteiger partial charge in [-0.15, -0.1) is 0 Å². The Morgan fingerprint density at radius 3 is 2.55 bits per heavy atom. The second kappa shape index (κ2) is 5.40. The minimum Gasteiger partial charge on any atom is -0.464 e. The van der Waals surface area contributed by atoms with Crippen molar-refractivity contribution < 1.29 is 29.3 Å². The zero-order valence-corrected chi connectivity index (χ0v) is 10.6. The molecular formula is C13H13NO6. The molecule has 0 saturated carbocycles. The number of aliphatic hydroxyl groups excluding tert-OH is 2. The Kier molecular flexibility index (Phi) is 3.82. The highest BCUT2D eigenvalue weighted by atomic mass is 16.5. The molecular weight excluding hydrogens is 266 g/mol. The van der Waals surface area contributed by atoms with Gasteiger partial charge in [0.2, 0.25) is 0 Å². The van der Waals surface area contributed by atoms with E-state index in [9.17, 15) is 24.6 Å². The molecule has 0 aliphatic carbocycles. The number of hydrogen-bond donors (Lipinski definition) is 3. The molecule has 7 heteroatoms. The molecule has 106 valence electrons. The van der Waals surface area contributed by atoms with E-state index in [4.69, 9.17) is 0 Å². The summed E-state index contributed by atoms with van der Waals surface area (Å²) in [6.45, 7) is 1.64. The van der Waals surface area contributed by atoms with Crippen molar-refractivity contribution in [3.05, 3.63) is 34.9 Å². The summed E-state index contributed by atoms with van der Waals surface area (Å²) in [5.41, 5.74) is 0.438. The second-order valence-corrected chi connectivity index (χ2v) is 4.23. The van der Waals surface area contributed by atoms with Gasteiger partial charge in [0.15, 0.2) is 6.10 Å². The first-order valence-electron chi connectivity index (χ1n) is 5.98. The Morgan fingerprint density at radius 2 is 1.90 bits per heavy atom. The summed E-state index contributed by atoms with van der Waals surface area (Å²) in [7, 11) is 0. The number of benzene rings is 1. The van der Waals surface area contributed by atoms with Crippen molar-refractivity contribution in [2.75, 3.05) is 6.61 Å². The van der Waals surface area contributed by atoms with Crippen molar-refractivity contribution >= 4 is 17.8 Å². The molecule has 2 rings (SSSR count). The molecule has 0 aromatic heterocycles. The molecule has 3 N–H and O–H groups in total. The van der Waals surface area contributed by atoms with E-state index in [1.54, 1.807) is 6.92 Å². The standard InChI is InChI=1S/C13H13NO6/c1-2-20-13(19)10(16)9(15)6-3-4-7-8(5-6)12(18)14-11(7)17/h3-5,9-10,15-16H,2H2,1H3,(H,14,17,18). The smallest absolute Gasteiger partial charge is 0.338 e. The number of fused-ring (bicyclic) bond motifs is 1. The molecule has 2 unspecified atom stereocenters. The lowest BCUT2D eigenvalue weighted by Gasteiger charge is -2.17. The Labute approximate surface area is 114 Å². The van der Waals surface area contributed by atoms with Crippen LogP contribution in [0, 0.1) is 0 Å². The number of carbonyl (C=O) groups is 3. The third-order valence-electron chi connectivity index (χ3n) is 2.93. The van der Waals surface area contributed by atoms with Crippen LogP contribution in [0.2, 0.25) is 0 Å². The van der Waals surface area contributed by atoms with E-state index in [0.717, 1.165) is 0 Å². The molecule has 20 heavy (non-hydrogen) atoms. The zero-order chi connectivity index (χ0) is 14.9. The fraction of sp³-hybridized carbons (Fsp3) is 0.308. The lowest BCUT2D eigenvalue weighted by molar-refractivity contribution is -0.159. The molecule has 7 nitrogen and oxygen atoms in total. The van der Waals surface area contributed by atoms with Gasteiger partial charge in [-0.1, -0.05) is 6.07 Å². The summed E-state index contributed by atoms with van der Waals surface area (Å²) < 4.78 is 4.59. The van der Waals surface area contributed by atoms with Crippen LogP contribution in [-0.2, 0) is 9.53 Å². The Hall–Kier alpha value is -2.25. The maximum absolute atomic E-state index is 11.5. The van der Waals surface area contributed by atoms with Gasteiger partial charge < -0.3 is 14.9 Å². The number of esters is 1. The number of nitrogens with one attached hydrogen (secondary N) is 1. The molecule has 0 bridgehead atoms. The largest absolute Gasteiger partial charge is 0.464 e. The molecule has 0 spiro atoms. The molecule has 1 aliphatic rings. The summed E-state index contributed by atoms with van der Waals surface area (Å²) in [6.07, 6.45) is -3.30. The van der Waals surface area contributed by atoms with E-state index in [-0.39, 0.29) is 23.3 Å². The van der Waals surface area contributed by atoms with Gasteiger partial charge in [-0.25, -0.2) is 4.79 Å². The number of ether oxygens (including phenoxy) is 1. The minimum atomic E-state index is -1.76. The Bertz CT molecular complexity index is 582. The van der Waals surface area contributed by atoms with Crippen molar-refractivity contribution in [2.24, 2.45) is 0 Å². The predicted octanol–water partition coefficient (Wildman–Crippen LogP) is -0.472. The van der Waals surface area contributed by atoms with Crippen LogP contribution in [-0.4, -0.2) is 40.7 Å². The normalized spacial score (nSPS) is 16.4. The molecule has 2 amide bonds. The first-order valence-corrected chi connectivity index (χ1v) is 5.98. The van der Waals surface area contributed by atoms with Gasteiger partial charge in [0.1, 0.15) is 6.10 Å². The number of aliphatic hydroxyl groups is 2. The molecule has 1 heterocycles. The molecule has 0 saturated heterocycles. The highest BCUT2D eigenvalue weighted by molar-refractivity contribution is 6.21. The highest BCUT2D eigenvalue weighted by Gasteiger charge is 2.31. The van der Waals surface area contributed by atoms with E-state index in [1.165, 1.54) is 18.2 Å². The minimum absolute atomic E-state index is 0.0731. The van der Waals surface area contributed by atoms with E-state index in [2.05, 4.69) is 10.1 Å². The number of rotatable bonds is 4. The maximum atomic E-state index is 11.5.